The van der Waals surface area contributed by atoms with E-state index in [2.05, 4.69) is 11.6 Å². The lowest BCUT2D eigenvalue weighted by Gasteiger charge is -2.33. The highest BCUT2D eigenvalue weighted by Crippen LogP contribution is 2.45. The molecule has 1 N–H and O–H groups in total. The average Bonchev–Trinajstić information content (AvgIpc) is 3.41. The number of oxazole rings is 1. The first-order valence-corrected chi connectivity index (χ1v) is 15.9. The minimum atomic E-state index is -4.58. The zero-order chi connectivity index (χ0) is 32.7. The van der Waals surface area contributed by atoms with Gasteiger partial charge in [0.2, 0.25) is 0 Å². The number of methoxy groups -OCH3 is 2. The molecule has 0 amide bonds. The Hall–Kier alpha value is -3.08. The summed E-state index contributed by atoms with van der Waals surface area (Å²) in [6, 6.07) is 12.5. The highest BCUT2D eigenvalue weighted by Gasteiger charge is 2.41. The van der Waals surface area contributed by atoms with Crippen molar-refractivity contribution in [2.75, 3.05) is 25.7 Å². The molecule has 2 aromatic carbocycles. The fourth-order valence-corrected chi connectivity index (χ4v) is 5.82. The van der Waals surface area contributed by atoms with Crippen LogP contribution >= 0.6 is 23.4 Å². The molecule has 1 aliphatic heterocycles. The number of allylic oxidation sites excluding steroid dienone is 2. The molecule has 4 rings (SSSR count). The lowest BCUT2D eigenvalue weighted by Crippen LogP contribution is -2.34. The van der Waals surface area contributed by atoms with E-state index >= 15 is 0 Å². The van der Waals surface area contributed by atoms with Crippen LogP contribution in [0.5, 0.6) is 11.5 Å². The van der Waals surface area contributed by atoms with Gasteiger partial charge in [-0.1, -0.05) is 63.6 Å². The summed E-state index contributed by atoms with van der Waals surface area (Å²) in [5, 5.41) is 9.31. The summed E-state index contributed by atoms with van der Waals surface area (Å²) < 4.78 is 57.2. The van der Waals surface area contributed by atoms with Crippen LogP contribution in [0.1, 0.15) is 57.2 Å². The fourth-order valence-electron chi connectivity index (χ4n) is 4.35. The summed E-state index contributed by atoms with van der Waals surface area (Å²) in [7, 11) is 3.25. The maximum atomic E-state index is 13.8. The highest BCUT2D eigenvalue weighted by atomic mass is 35.5. The molecule has 0 fully saturated rings. The third-order valence-electron chi connectivity index (χ3n) is 6.42. The molecular weight excluding hydrogens is 613 g/mol. The van der Waals surface area contributed by atoms with Gasteiger partial charge in [-0.05, 0) is 48.7 Å². The van der Waals surface area contributed by atoms with Crippen molar-refractivity contribution < 1.29 is 32.2 Å². The van der Waals surface area contributed by atoms with Crippen LogP contribution < -0.4 is 14.4 Å². The zero-order valence-electron chi connectivity index (χ0n) is 25.9. The molecule has 0 spiro atoms. The number of hydrogen-bond donors (Lipinski definition) is 1. The molecule has 0 unspecified atom stereocenters. The molecule has 6 nitrogen and oxygen atoms in total. The molecular formula is C33H42ClF3N2O4S. The van der Waals surface area contributed by atoms with E-state index in [-0.39, 0.29) is 11.9 Å². The Bertz CT molecular complexity index is 1320. The number of unbranched alkanes of at least 4 members (excludes halogenated alkanes) is 1. The van der Waals surface area contributed by atoms with E-state index < -0.39 is 11.9 Å². The Morgan fingerprint density at radius 2 is 1.82 bits per heavy atom. The average molecular weight is 655 g/mol. The molecule has 2 heterocycles. The molecule has 0 saturated carbocycles. The SMILES string of the molecule is C=C(N1/C(=C\CCC)[C@H](CCc2ncc(CCO)o2)SCc2cc(Cl)ccc21)C(F)(F)F.CC.COc1ccccc1OC. The predicted molar refractivity (Wildman–Crippen MR) is 174 cm³/mol. The molecule has 0 saturated heterocycles. The third kappa shape index (κ3) is 10.5. The van der Waals surface area contributed by atoms with E-state index in [4.69, 9.17) is 30.6 Å². The Balaban J connectivity index is 0.000000473. The highest BCUT2D eigenvalue weighted by molar-refractivity contribution is 7.99. The van der Waals surface area contributed by atoms with E-state index in [0.29, 0.717) is 59.5 Å². The van der Waals surface area contributed by atoms with E-state index in [1.807, 2.05) is 51.1 Å². The number of aliphatic hydroxyl groups is 1. The minimum Gasteiger partial charge on any atom is -0.493 e. The molecule has 242 valence electrons. The summed E-state index contributed by atoms with van der Waals surface area (Å²) in [5.41, 5.74) is 0.842. The second kappa shape index (κ2) is 18.7. The first-order valence-electron chi connectivity index (χ1n) is 14.5. The number of thioether (sulfide) groups is 1. The number of para-hydroxylation sites is 2. The molecule has 1 aliphatic rings. The van der Waals surface area contributed by atoms with Gasteiger partial charge in [0.15, 0.2) is 17.4 Å². The standard InChI is InChI=1S/C23H26ClF3N2O2S.C8H10O2.C2H6/c1-3-4-5-20-21(8-9-22-28-13-18(31-22)10-11-30)32-14-16-12-17(24)6-7-19(16)29(20)15(2)23(25,26)27;1-9-7-5-3-4-6-8(7)10-2;1-2/h5-7,12-13,21,30H,2-4,8-11,14H2,1H3;3-6H,1-2H3;1-2H3/b20-5-;;/t21-;;/m0../s1. The second-order valence-corrected chi connectivity index (χ2v) is 11.0. The van der Waals surface area contributed by atoms with Crippen LogP contribution in [-0.4, -0.2) is 42.3 Å². The number of hydrogen-bond acceptors (Lipinski definition) is 7. The van der Waals surface area contributed by atoms with Crippen molar-refractivity contribution in [3.8, 4) is 11.5 Å². The number of benzene rings is 2. The molecule has 3 aromatic rings. The van der Waals surface area contributed by atoms with Gasteiger partial charge in [-0.2, -0.15) is 13.2 Å². The fraction of sp³-hybridized carbons (Fsp3) is 0.424. The van der Waals surface area contributed by atoms with Gasteiger partial charge in [0.1, 0.15) is 11.5 Å². The molecule has 0 bridgehead atoms. The van der Waals surface area contributed by atoms with Crippen molar-refractivity contribution >= 4 is 29.1 Å². The van der Waals surface area contributed by atoms with E-state index in [0.717, 1.165) is 23.5 Å². The van der Waals surface area contributed by atoms with E-state index in [1.165, 1.54) is 4.90 Å². The molecule has 11 heteroatoms. The van der Waals surface area contributed by atoms with Crippen LogP contribution in [0.25, 0.3) is 0 Å². The Morgan fingerprint density at radius 1 is 1.16 bits per heavy atom. The number of aliphatic hydroxyl groups excluding tert-OH is 1. The van der Waals surface area contributed by atoms with Crippen LogP contribution in [0.4, 0.5) is 18.9 Å². The second-order valence-electron chi connectivity index (χ2n) is 9.36. The first-order chi connectivity index (χ1) is 21.1. The maximum Gasteiger partial charge on any atom is 0.431 e. The number of aryl methyl sites for hydroxylation is 1. The van der Waals surface area contributed by atoms with Crippen LogP contribution in [-0.2, 0) is 18.6 Å². The van der Waals surface area contributed by atoms with Crippen LogP contribution in [0, 0.1) is 0 Å². The van der Waals surface area contributed by atoms with Gasteiger partial charge in [0.05, 0.1) is 27.0 Å². The van der Waals surface area contributed by atoms with Crippen molar-refractivity contribution in [1.82, 2.24) is 4.98 Å². The number of anilines is 1. The zero-order valence-corrected chi connectivity index (χ0v) is 27.5. The summed E-state index contributed by atoms with van der Waals surface area (Å²) in [6.45, 7) is 9.36. The van der Waals surface area contributed by atoms with E-state index in [9.17, 15) is 13.2 Å². The topological polar surface area (TPSA) is 68.0 Å². The number of fused-ring (bicyclic) bond motifs is 1. The number of alkyl halides is 3. The number of halogens is 4. The summed E-state index contributed by atoms with van der Waals surface area (Å²) in [5.74, 6) is 3.16. The van der Waals surface area contributed by atoms with Crippen molar-refractivity contribution in [3.05, 3.63) is 94.9 Å². The van der Waals surface area contributed by atoms with Gasteiger partial charge in [-0.25, -0.2) is 4.98 Å². The monoisotopic (exact) mass is 654 g/mol. The number of rotatable bonds is 10. The largest absolute Gasteiger partial charge is 0.493 e. The lowest BCUT2D eigenvalue weighted by atomic mass is 10.1. The molecule has 0 radical (unpaired) electrons. The molecule has 44 heavy (non-hydrogen) atoms. The number of ether oxygens (including phenoxy) is 2. The number of aromatic nitrogens is 1. The van der Waals surface area contributed by atoms with Crippen LogP contribution in [0.2, 0.25) is 5.02 Å². The number of nitrogens with zero attached hydrogens (tertiary/aromatic N) is 2. The van der Waals surface area contributed by atoms with Crippen molar-refractivity contribution in [1.29, 1.82) is 0 Å². The predicted octanol–water partition coefficient (Wildman–Crippen LogP) is 9.41. The van der Waals surface area contributed by atoms with Gasteiger partial charge < -0.3 is 23.9 Å². The van der Waals surface area contributed by atoms with Crippen molar-refractivity contribution in [3.63, 3.8) is 0 Å². The molecule has 1 atom stereocenters. The minimum absolute atomic E-state index is 0.0354. The quantitative estimate of drug-likeness (QED) is 0.234. The Labute approximate surface area is 267 Å². The van der Waals surface area contributed by atoms with Crippen molar-refractivity contribution in [2.45, 2.75) is 70.1 Å². The first kappa shape index (κ1) is 37.1. The third-order valence-corrected chi connectivity index (χ3v) is 8.01. The van der Waals surface area contributed by atoms with Gasteiger partial charge >= 0.3 is 6.18 Å². The van der Waals surface area contributed by atoms with Crippen molar-refractivity contribution in [2.24, 2.45) is 0 Å². The molecule has 1 aromatic heterocycles. The maximum absolute atomic E-state index is 13.8. The lowest BCUT2D eigenvalue weighted by molar-refractivity contribution is -0.0924. The summed E-state index contributed by atoms with van der Waals surface area (Å²) in [4.78, 5) is 5.49. The summed E-state index contributed by atoms with van der Waals surface area (Å²) >= 11 is 7.72. The van der Waals surface area contributed by atoms with Crippen LogP contribution in [0.15, 0.2) is 77.1 Å². The normalized spacial score (nSPS) is 15.3. The van der Waals surface area contributed by atoms with Gasteiger partial charge in [0.25, 0.3) is 0 Å². The Morgan fingerprint density at radius 3 is 2.39 bits per heavy atom. The van der Waals surface area contributed by atoms with Gasteiger partial charge in [-0.15, -0.1) is 11.8 Å². The van der Waals surface area contributed by atoms with Gasteiger partial charge in [0, 0.05) is 40.3 Å². The van der Waals surface area contributed by atoms with Crippen LogP contribution in [0.3, 0.4) is 0 Å². The molecule has 0 aliphatic carbocycles. The smallest absolute Gasteiger partial charge is 0.431 e. The summed E-state index contributed by atoms with van der Waals surface area (Å²) in [6.07, 6.45) is 1.73. The Kier molecular flexibility index (Phi) is 15.7. The van der Waals surface area contributed by atoms with E-state index in [1.54, 1.807) is 50.4 Å². The van der Waals surface area contributed by atoms with Gasteiger partial charge in [-0.3, -0.25) is 0 Å².